The zero-order chi connectivity index (χ0) is 19.9. The lowest BCUT2D eigenvalue weighted by Crippen LogP contribution is -2.50. The molecular weight excluding hydrogens is 469 g/mol. The Morgan fingerprint density at radius 3 is 2.36 bits per heavy atom. The van der Waals surface area contributed by atoms with Crippen molar-refractivity contribution in [2.45, 2.75) is 55.3 Å². The Hall–Kier alpha value is -1.64. The van der Waals surface area contributed by atoms with Crippen LogP contribution in [0.2, 0.25) is 0 Å². The summed E-state index contributed by atoms with van der Waals surface area (Å²) in [4.78, 5) is 14.6. The molecule has 1 saturated heterocycles. The molecular formula is C22H26INO4. The van der Waals surface area contributed by atoms with Crippen LogP contribution < -0.4 is 0 Å². The standard InChI is InChI=1S/C22H26INO4/c1-16(20-13-12-19(23)21(25)28-20)24(14-17-8-4-2-5-9-17)22(26)27-15-18-10-6-3-7-11-18/h2-11,16,19-21,25H,12-15H2,1H3/t16-,19?,20?,21?/m0/s1. The summed E-state index contributed by atoms with van der Waals surface area (Å²) in [5.41, 5.74) is 1.97. The Morgan fingerprint density at radius 2 is 1.75 bits per heavy atom. The van der Waals surface area contributed by atoms with Gasteiger partial charge in [0.05, 0.1) is 16.1 Å². The lowest BCUT2D eigenvalue weighted by Gasteiger charge is -2.38. The van der Waals surface area contributed by atoms with E-state index in [2.05, 4.69) is 22.6 Å². The van der Waals surface area contributed by atoms with E-state index in [-0.39, 0.29) is 28.8 Å². The van der Waals surface area contributed by atoms with Crippen molar-refractivity contribution in [2.75, 3.05) is 0 Å². The van der Waals surface area contributed by atoms with Crippen LogP contribution in [0.5, 0.6) is 0 Å². The van der Waals surface area contributed by atoms with Crippen molar-refractivity contribution >= 4 is 28.7 Å². The molecule has 0 saturated carbocycles. The van der Waals surface area contributed by atoms with Crippen LogP contribution in [-0.4, -0.2) is 38.5 Å². The van der Waals surface area contributed by atoms with E-state index in [4.69, 9.17) is 9.47 Å². The van der Waals surface area contributed by atoms with Gasteiger partial charge in [-0.3, -0.25) is 4.90 Å². The summed E-state index contributed by atoms with van der Waals surface area (Å²) in [7, 11) is 0. The molecule has 0 bridgehead atoms. The highest BCUT2D eigenvalue weighted by Gasteiger charge is 2.35. The second-order valence-corrected chi connectivity index (χ2v) is 8.65. The molecule has 2 aromatic carbocycles. The van der Waals surface area contributed by atoms with Crippen LogP contribution in [-0.2, 0) is 22.6 Å². The summed E-state index contributed by atoms with van der Waals surface area (Å²) in [5, 5.41) is 10.1. The second kappa shape index (κ2) is 10.2. The number of amides is 1. The van der Waals surface area contributed by atoms with Gasteiger partial charge in [-0.1, -0.05) is 83.3 Å². The smallest absolute Gasteiger partial charge is 0.410 e. The maximum absolute atomic E-state index is 12.9. The zero-order valence-electron chi connectivity index (χ0n) is 15.9. The Bertz CT molecular complexity index is 743. The molecule has 6 heteroatoms. The Kier molecular flexibility index (Phi) is 7.70. The minimum Gasteiger partial charge on any atom is -0.445 e. The first-order chi connectivity index (χ1) is 13.5. The first kappa shape index (κ1) is 21.1. The van der Waals surface area contributed by atoms with Gasteiger partial charge in [-0.15, -0.1) is 0 Å². The van der Waals surface area contributed by atoms with Gasteiger partial charge in [0, 0.05) is 6.54 Å². The van der Waals surface area contributed by atoms with E-state index in [9.17, 15) is 9.90 Å². The number of nitrogens with zero attached hydrogens (tertiary/aromatic N) is 1. The molecule has 0 radical (unpaired) electrons. The molecule has 2 aromatic rings. The molecule has 1 heterocycles. The molecule has 0 aliphatic carbocycles. The van der Waals surface area contributed by atoms with Crippen LogP contribution in [0.3, 0.4) is 0 Å². The van der Waals surface area contributed by atoms with Crippen molar-refractivity contribution in [3.05, 3.63) is 71.8 Å². The Labute approximate surface area is 179 Å². The van der Waals surface area contributed by atoms with Crippen LogP contribution >= 0.6 is 22.6 Å². The quantitative estimate of drug-likeness (QED) is 0.473. The van der Waals surface area contributed by atoms with Gasteiger partial charge >= 0.3 is 6.09 Å². The summed E-state index contributed by atoms with van der Waals surface area (Å²) < 4.78 is 11.5. The lowest BCUT2D eigenvalue weighted by molar-refractivity contribution is -0.171. The fourth-order valence-electron chi connectivity index (χ4n) is 3.31. The molecule has 150 valence electrons. The number of ether oxygens (including phenoxy) is 2. The molecule has 3 rings (SSSR count). The normalized spacial score (nSPS) is 23.0. The minimum atomic E-state index is -0.805. The van der Waals surface area contributed by atoms with Gasteiger partial charge < -0.3 is 14.6 Å². The van der Waals surface area contributed by atoms with Gasteiger partial charge in [-0.05, 0) is 30.9 Å². The van der Waals surface area contributed by atoms with Crippen molar-refractivity contribution in [3.8, 4) is 0 Å². The summed E-state index contributed by atoms with van der Waals surface area (Å²) in [6.45, 7) is 2.61. The maximum Gasteiger partial charge on any atom is 0.410 e. The predicted molar refractivity (Wildman–Crippen MR) is 116 cm³/mol. The number of halogens is 1. The van der Waals surface area contributed by atoms with E-state index in [0.717, 1.165) is 24.0 Å². The number of hydrogen-bond acceptors (Lipinski definition) is 4. The molecule has 1 N–H and O–H groups in total. The van der Waals surface area contributed by atoms with Gasteiger partial charge in [0.2, 0.25) is 0 Å². The van der Waals surface area contributed by atoms with E-state index in [1.54, 1.807) is 4.90 Å². The number of carbonyl (C=O) groups excluding carboxylic acids is 1. The summed E-state index contributed by atoms with van der Waals surface area (Å²) in [6, 6.07) is 19.2. The van der Waals surface area contributed by atoms with Crippen LogP contribution in [0.4, 0.5) is 4.79 Å². The van der Waals surface area contributed by atoms with Crippen molar-refractivity contribution in [3.63, 3.8) is 0 Å². The van der Waals surface area contributed by atoms with E-state index in [0.29, 0.717) is 6.54 Å². The number of benzene rings is 2. The van der Waals surface area contributed by atoms with Gasteiger partial charge in [0.15, 0.2) is 6.29 Å². The number of carbonyl (C=O) groups is 1. The van der Waals surface area contributed by atoms with Gasteiger partial charge in [0.1, 0.15) is 6.61 Å². The van der Waals surface area contributed by atoms with Gasteiger partial charge in [-0.2, -0.15) is 0 Å². The molecule has 0 spiro atoms. The number of aliphatic hydroxyl groups excluding tert-OH is 1. The monoisotopic (exact) mass is 495 g/mol. The maximum atomic E-state index is 12.9. The molecule has 5 nitrogen and oxygen atoms in total. The number of hydrogen-bond donors (Lipinski definition) is 1. The van der Waals surface area contributed by atoms with E-state index in [1.807, 2.05) is 67.6 Å². The molecule has 1 aliphatic rings. The van der Waals surface area contributed by atoms with Crippen molar-refractivity contribution in [1.82, 2.24) is 4.90 Å². The zero-order valence-corrected chi connectivity index (χ0v) is 18.1. The SMILES string of the molecule is C[C@@H](C1CCC(I)C(O)O1)N(Cc1ccccc1)C(=O)OCc1ccccc1. The Morgan fingerprint density at radius 1 is 1.14 bits per heavy atom. The van der Waals surface area contributed by atoms with Crippen LogP contribution in [0.15, 0.2) is 60.7 Å². The van der Waals surface area contributed by atoms with Crippen molar-refractivity contribution in [2.24, 2.45) is 0 Å². The highest BCUT2D eigenvalue weighted by molar-refractivity contribution is 14.1. The van der Waals surface area contributed by atoms with Gasteiger partial charge in [0.25, 0.3) is 0 Å². The van der Waals surface area contributed by atoms with E-state index in [1.165, 1.54) is 0 Å². The third-order valence-electron chi connectivity index (χ3n) is 5.02. The van der Waals surface area contributed by atoms with Crippen LogP contribution in [0.25, 0.3) is 0 Å². The number of alkyl halides is 1. The Balaban J connectivity index is 1.71. The molecule has 28 heavy (non-hydrogen) atoms. The third-order valence-corrected chi connectivity index (χ3v) is 6.25. The molecule has 0 aromatic heterocycles. The topological polar surface area (TPSA) is 59.0 Å². The average Bonchev–Trinajstić information content (AvgIpc) is 2.73. The molecule has 4 atom stereocenters. The van der Waals surface area contributed by atoms with Gasteiger partial charge in [-0.25, -0.2) is 4.79 Å². The third kappa shape index (κ3) is 5.68. The van der Waals surface area contributed by atoms with Crippen molar-refractivity contribution < 1.29 is 19.4 Å². The fraction of sp³-hybridized carbons (Fsp3) is 0.409. The van der Waals surface area contributed by atoms with Crippen LogP contribution in [0.1, 0.15) is 30.9 Å². The first-order valence-corrected chi connectivity index (χ1v) is 10.8. The predicted octanol–water partition coefficient (Wildman–Crippen LogP) is 4.51. The van der Waals surface area contributed by atoms with Crippen molar-refractivity contribution in [1.29, 1.82) is 0 Å². The summed E-state index contributed by atoms with van der Waals surface area (Å²) >= 11 is 2.21. The summed E-state index contributed by atoms with van der Waals surface area (Å²) in [5.74, 6) is 0. The largest absolute Gasteiger partial charge is 0.445 e. The second-order valence-electron chi connectivity index (χ2n) is 7.05. The highest BCUT2D eigenvalue weighted by Crippen LogP contribution is 2.28. The van der Waals surface area contributed by atoms with E-state index >= 15 is 0 Å². The average molecular weight is 495 g/mol. The molecule has 1 fully saturated rings. The number of rotatable bonds is 6. The first-order valence-electron chi connectivity index (χ1n) is 9.53. The fourth-order valence-corrected chi connectivity index (χ4v) is 3.84. The molecule has 1 aliphatic heterocycles. The highest BCUT2D eigenvalue weighted by atomic mass is 127. The molecule has 3 unspecified atom stereocenters. The summed E-state index contributed by atoms with van der Waals surface area (Å²) in [6.07, 6.45) is 0.238. The minimum absolute atomic E-state index is 0.0775. The lowest BCUT2D eigenvalue weighted by atomic mass is 10.0. The van der Waals surface area contributed by atoms with Crippen LogP contribution in [0, 0.1) is 0 Å². The van der Waals surface area contributed by atoms with E-state index < -0.39 is 6.29 Å². The molecule has 1 amide bonds. The number of aliphatic hydroxyl groups is 1.